The van der Waals surface area contributed by atoms with E-state index in [1.807, 2.05) is 13.8 Å². The molecule has 2 amide bonds. The Labute approximate surface area is 96.7 Å². The first-order chi connectivity index (χ1) is 7.17. The number of hydrogen-bond donors (Lipinski definition) is 2. The minimum atomic E-state index is -0.681. The monoisotopic (exact) mass is 230 g/mol. The van der Waals surface area contributed by atoms with Gasteiger partial charge in [-0.2, -0.15) is 0 Å². The number of nitrogens with two attached hydrogens (primary N) is 1. The van der Waals surface area contributed by atoms with Gasteiger partial charge < -0.3 is 15.8 Å². The van der Waals surface area contributed by atoms with Gasteiger partial charge >= 0.3 is 6.09 Å². The number of carbonyl (C=O) groups is 2. The highest BCUT2D eigenvalue weighted by Crippen LogP contribution is 2.10. The Bertz CT molecular complexity index is 258. The van der Waals surface area contributed by atoms with Crippen molar-refractivity contribution in [2.24, 2.45) is 11.7 Å². The third-order valence-corrected chi connectivity index (χ3v) is 2.19. The largest absolute Gasteiger partial charge is 0.444 e. The van der Waals surface area contributed by atoms with Crippen LogP contribution in [-0.4, -0.2) is 23.6 Å². The number of carbonyl (C=O) groups excluding carboxylic acids is 2. The summed E-state index contributed by atoms with van der Waals surface area (Å²) in [6.45, 7) is 9.06. The second-order valence-electron chi connectivity index (χ2n) is 4.91. The minimum Gasteiger partial charge on any atom is -0.444 e. The van der Waals surface area contributed by atoms with Crippen molar-refractivity contribution in [3.05, 3.63) is 0 Å². The summed E-state index contributed by atoms with van der Waals surface area (Å²) in [5, 5.41) is 2.49. The molecule has 0 aromatic rings. The summed E-state index contributed by atoms with van der Waals surface area (Å²) in [6.07, 6.45) is 0.139. The highest BCUT2D eigenvalue weighted by atomic mass is 16.6. The van der Waals surface area contributed by atoms with E-state index >= 15 is 0 Å². The lowest BCUT2D eigenvalue weighted by molar-refractivity contribution is -0.121. The fraction of sp³-hybridized carbons (Fsp3) is 0.818. The Morgan fingerprint density at radius 2 is 1.88 bits per heavy atom. The zero-order valence-electron chi connectivity index (χ0n) is 10.7. The average Bonchev–Trinajstić information content (AvgIpc) is 2.09. The number of rotatable bonds is 4. The lowest BCUT2D eigenvalue weighted by atomic mass is 9.99. The highest BCUT2D eigenvalue weighted by molar-refractivity contribution is 5.84. The molecule has 2 unspecified atom stereocenters. The Hall–Kier alpha value is -1.26. The minimum absolute atomic E-state index is 0.00924. The number of hydrogen-bond acceptors (Lipinski definition) is 3. The molecule has 0 radical (unpaired) electrons. The summed E-state index contributed by atoms with van der Waals surface area (Å²) in [7, 11) is 0. The maximum absolute atomic E-state index is 11.5. The molecule has 0 aliphatic heterocycles. The maximum Gasteiger partial charge on any atom is 0.408 e. The van der Waals surface area contributed by atoms with Crippen LogP contribution in [-0.2, 0) is 9.53 Å². The Kier molecular flexibility index (Phi) is 5.27. The third-order valence-electron chi connectivity index (χ3n) is 2.19. The molecule has 16 heavy (non-hydrogen) atoms. The van der Waals surface area contributed by atoms with Crippen molar-refractivity contribution < 1.29 is 14.3 Å². The number of nitrogens with one attached hydrogen (secondary N) is 1. The van der Waals surface area contributed by atoms with Crippen LogP contribution in [0.15, 0.2) is 0 Å². The van der Waals surface area contributed by atoms with Gasteiger partial charge in [-0.05, 0) is 26.7 Å². The Morgan fingerprint density at radius 1 is 1.38 bits per heavy atom. The van der Waals surface area contributed by atoms with Gasteiger partial charge in [-0.1, -0.05) is 20.3 Å². The predicted molar refractivity (Wildman–Crippen MR) is 61.8 cm³/mol. The molecule has 0 aliphatic rings. The molecule has 0 rings (SSSR count). The quantitative estimate of drug-likeness (QED) is 0.766. The van der Waals surface area contributed by atoms with Gasteiger partial charge in [-0.3, -0.25) is 4.79 Å². The molecule has 0 saturated carbocycles. The molecule has 94 valence electrons. The summed E-state index contributed by atoms with van der Waals surface area (Å²) in [6, 6.07) is -0.681. The fourth-order valence-electron chi connectivity index (χ4n) is 1.16. The molecule has 0 heterocycles. The number of primary amides is 1. The van der Waals surface area contributed by atoms with Gasteiger partial charge in [0.1, 0.15) is 11.6 Å². The van der Waals surface area contributed by atoms with Crippen LogP contribution >= 0.6 is 0 Å². The molecule has 5 heteroatoms. The predicted octanol–water partition coefficient (Wildman–Crippen LogP) is 1.41. The first-order valence-electron chi connectivity index (χ1n) is 5.46. The molecule has 0 fully saturated rings. The van der Waals surface area contributed by atoms with Crippen LogP contribution < -0.4 is 11.1 Å². The third kappa shape index (κ3) is 5.58. The van der Waals surface area contributed by atoms with E-state index in [0.717, 1.165) is 6.42 Å². The molecule has 0 spiro atoms. The van der Waals surface area contributed by atoms with Crippen molar-refractivity contribution in [1.82, 2.24) is 5.32 Å². The van der Waals surface area contributed by atoms with Crippen molar-refractivity contribution in [3.8, 4) is 0 Å². The van der Waals surface area contributed by atoms with Gasteiger partial charge in [0.2, 0.25) is 5.91 Å². The second-order valence-corrected chi connectivity index (χ2v) is 4.91. The molecule has 0 bridgehead atoms. The van der Waals surface area contributed by atoms with E-state index < -0.39 is 23.6 Å². The van der Waals surface area contributed by atoms with Crippen molar-refractivity contribution in [2.45, 2.75) is 52.7 Å². The van der Waals surface area contributed by atoms with Crippen LogP contribution in [0.5, 0.6) is 0 Å². The standard InChI is InChI=1S/C11H22N2O3/c1-6-7(2)8(9(12)14)13-10(15)16-11(3,4)5/h7-8H,6H2,1-5H3,(H2,12,14)(H,13,15). The number of amides is 2. The van der Waals surface area contributed by atoms with E-state index in [1.54, 1.807) is 20.8 Å². The lowest BCUT2D eigenvalue weighted by Gasteiger charge is -2.24. The topological polar surface area (TPSA) is 81.4 Å². The Balaban J connectivity index is 4.42. The van der Waals surface area contributed by atoms with Crippen molar-refractivity contribution >= 4 is 12.0 Å². The van der Waals surface area contributed by atoms with E-state index in [9.17, 15) is 9.59 Å². The fourth-order valence-corrected chi connectivity index (χ4v) is 1.16. The smallest absolute Gasteiger partial charge is 0.408 e. The van der Waals surface area contributed by atoms with E-state index in [4.69, 9.17) is 10.5 Å². The van der Waals surface area contributed by atoms with Gasteiger partial charge in [0.05, 0.1) is 0 Å². The molecule has 0 saturated heterocycles. The van der Waals surface area contributed by atoms with E-state index in [0.29, 0.717) is 0 Å². The molecule has 0 aromatic heterocycles. The molecular weight excluding hydrogens is 208 g/mol. The summed E-state index contributed by atoms with van der Waals surface area (Å²) < 4.78 is 5.06. The number of ether oxygens (including phenoxy) is 1. The molecular formula is C11H22N2O3. The van der Waals surface area contributed by atoms with Gasteiger partial charge in [0, 0.05) is 0 Å². The van der Waals surface area contributed by atoms with E-state index in [1.165, 1.54) is 0 Å². The lowest BCUT2D eigenvalue weighted by Crippen LogP contribution is -2.49. The van der Waals surface area contributed by atoms with Crippen molar-refractivity contribution in [2.75, 3.05) is 0 Å². The van der Waals surface area contributed by atoms with E-state index in [2.05, 4.69) is 5.32 Å². The highest BCUT2D eigenvalue weighted by Gasteiger charge is 2.26. The first kappa shape index (κ1) is 14.7. The summed E-state index contributed by atoms with van der Waals surface area (Å²) in [4.78, 5) is 22.6. The van der Waals surface area contributed by atoms with E-state index in [-0.39, 0.29) is 5.92 Å². The Morgan fingerprint density at radius 3 is 2.19 bits per heavy atom. The van der Waals surface area contributed by atoms with Gasteiger partial charge in [0.25, 0.3) is 0 Å². The van der Waals surface area contributed by atoms with Crippen LogP contribution in [0.25, 0.3) is 0 Å². The van der Waals surface area contributed by atoms with Crippen molar-refractivity contribution in [3.63, 3.8) is 0 Å². The molecule has 2 atom stereocenters. The van der Waals surface area contributed by atoms with Gasteiger partial charge in [-0.15, -0.1) is 0 Å². The SMILES string of the molecule is CCC(C)C(NC(=O)OC(C)(C)C)C(N)=O. The molecule has 3 N–H and O–H groups in total. The van der Waals surface area contributed by atoms with Crippen LogP contribution in [0.2, 0.25) is 0 Å². The average molecular weight is 230 g/mol. The van der Waals surface area contributed by atoms with Gasteiger partial charge in [0.15, 0.2) is 0 Å². The van der Waals surface area contributed by atoms with Crippen LogP contribution in [0, 0.1) is 5.92 Å². The summed E-state index contributed by atoms with van der Waals surface area (Å²) >= 11 is 0. The second kappa shape index (κ2) is 5.72. The van der Waals surface area contributed by atoms with Crippen LogP contribution in [0.3, 0.4) is 0 Å². The van der Waals surface area contributed by atoms with Gasteiger partial charge in [-0.25, -0.2) is 4.79 Å². The zero-order chi connectivity index (χ0) is 12.9. The summed E-state index contributed by atoms with van der Waals surface area (Å²) in [5.74, 6) is -0.551. The normalized spacial score (nSPS) is 15.1. The summed E-state index contributed by atoms with van der Waals surface area (Å²) in [5.41, 5.74) is 4.63. The van der Waals surface area contributed by atoms with Crippen LogP contribution in [0.1, 0.15) is 41.0 Å². The van der Waals surface area contributed by atoms with Crippen LogP contribution in [0.4, 0.5) is 4.79 Å². The maximum atomic E-state index is 11.5. The molecule has 5 nitrogen and oxygen atoms in total. The van der Waals surface area contributed by atoms with Crippen molar-refractivity contribution in [1.29, 1.82) is 0 Å². The number of alkyl carbamates (subject to hydrolysis) is 1. The first-order valence-corrected chi connectivity index (χ1v) is 5.46. The molecule has 0 aliphatic carbocycles. The zero-order valence-corrected chi connectivity index (χ0v) is 10.7. The molecule has 0 aromatic carbocycles.